The quantitative estimate of drug-likeness (QED) is 0.192. The van der Waals surface area contributed by atoms with Crippen LogP contribution in [0.2, 0.25) is 0 Å². The van der Waals surface area contributed by atoms with E-state index in [1.165, 1.54) is 17.7 Å². The Balaban J connectivity index is 0.00000420. The minimum absolute atomic E-state index is 0. The summed E-state index contributed by atoms with van der Waals surface area (Å²) < 4.78 is 11.3. The molecule has 0 amide bonds. The van der Waals surface area contributed by atoms with Gasteiger partial charge in [0, 0.05) is 52.6 Å². The van der Waals surface area contributed by atoms with Gasteiger partial charge in [0.15, 0.2) is 5.96 Å². The molecule has 2 N–H and O–H groups in total. The molecule has 0 aromatic heterocycles. The van der Waals surface area contributed by atoms with E-state index in [1.807, 2.05) is 0 Å². The predicted molar refractivity (Wildman–Crippen MR) is 133 cm³/mol. The first kappa shape index (κ1) is 26.0. The van der Waals surface area contributed by atoms with Crippen LogP contribution in [-0.4, -0.2) is 65.6 Å². The van der Waals surface area contributed by atoms with Gasteiger partial charge in [-0.05, 0) is 56.7 Å². The molecule has 1 aliphatic heterocycles. The minimum atomic E-state index is 0. The van der Waals surface area contributed by atoms with Crippen molar-refractivity contribution >= 4 is 35.6 Å². The molecule has 0 spiro atoms. The van der Waals surface area contributed by atoms with Crippen molar-refractivity contribution in [1.29, 1.82) is 0 Å². The van der Waals surface area contributed by atoms with Crippen molar-refractivity contribution in [2.45, 2.75) is 45.1 Å². The smallest absolute Gasteiger partial charge is 0.191 e. The van der Waals surface area contributed by atoms with Crippen molar-refractivity contribution in [1.82, 2.24) is 10.6 Å². The molecule has 1 aromatic rings. The highest BCUT2D eigenvalue weighted by atomic mass is 127. The van der Waals surface area contributed by atoms with Crippen molar-refractivity contribution in [2.24, 2.45) is 4.99 Å². The Bertz CT molecular complexity index is 560. The van der Waals surface area contributed by atoms with E-state index in [0.29, 0.717) is 6.10 Å². The maximum Gasteiger partial charge on any atom is 0.191 e. The fourth-order valence-corrected chi connectivity index (χ4v) is 3.15. The van der Waals surface area contributed by atoms with Crippen LogP contribution in [0.1, 0.15) is 38.2 Å². The molecular weight excluding hydrogens is 479 g/mol. The van der Waals surface area contributed by atoms with Crippen LogP contribution in [0.25, 0.3) is 0 Å². The lowest BCUT2D eigenvalue weighted by atomic mass is 10.1. The van der Waals surface area contributed by atoms with E-state index in [2.05, 4.69) is 65.8 Å². The fraction of sp³-hybridized carbons (Fsp3) is 0.682. The first-order valence-corrected chi connectivity index (χ1v) is 10.7. The van der Waals surface area contributed by atoms with E-state index >= 15 is 0 Å². The highest BCUT2D eigenvalue weighted by Gasteiger charge is 2.14. The molecule has 1 aliphatic rings. The highest BCUT2D eigenvalue weighted by Crippen LogP contribution is 2.13. The van der Waals surface area contributed by atoms with Crippen molar-refractivity contribution in [3.05, 3.63) is 29.8 Å². The summed E-state index contributed by atoms with van der Waals surface area (Å²) >= 11 is 0. The van der Waals surface area contributed by atoms with Crippen LogP contribution >= 0.6 is 24.0 Å². The number of aliphatic imine (C=N–C) groups is 1. The van der Waals surface area contributed by atoms with Crippen molar-refractivity contribution in [2.75, 3.05) is 58.5 Å². The fourth-order valence-electron chi connectivity index (χ4n) is 3.15. The third-order valence-electron chi connectivity index (χ3n) is 4.78. The second-order valence-electron chi connectivity index (χ2n) is 7.42. The van der Waals surface area contributed by atoms with Gasteiger partial charge < -0.3 is 25.0 Å². The normalized spacial score (nSPS) is 16.4. The molecule has 29 heavy (non-hydrogen) atoms. The van der Waals surface area contributed by atoms with Gasteiger partial charge in [-0.15, -0.1) is 24.0 Å². The molecule has 6 nitrogen and oxygen atoms in total. The monoisotopic (exact) mass is 518 g/mol. The molecule has 0 aliphatic carbocycles. The van der Waals surface area contributed by atoms with Crippen molar-refractivity contribution in [3.8, 4) is 0 Å². The minimum Gasteiger partial charge on any atom is -0.379 e. The Morgan fingerprint density at radius 2 is 2.00 bits per heavy atom. The second kappa shape index (κ2) is 15.7. The first-order valence-electron chi connectivity index (χ1n) is 10.7. The SMILES string of the molecule is CCNC(=NCCCc1ccc(N(C)C)cc1)NCCCOCC1CCCO1.I. The zero-order valence-corrected chi connectivity index (χ0v) is 20.6. The number of ether oxygens (including phenoxy) is 2. The summed E-state index contributed by atoms with van der Waals surface area (Å²) in [4.78, 5) is 6.80. The lowest BCUT2D eigenvalue weighted by molar-refractivity contribution is 0.0168. The topological polar surface area (TPSA) is 58.1 Å². The average molecular weight is 518 g/mol. The molecule has 1 atom stereocenters. The summed E-state index contributed by atoms with van der Waals surface area (Å²) in [6.45, 7) is 7.02. The van der Waals surface area contributed by atoms with Crippen LogP contribution in [0.4, 0.5) is 5.69 Å². The van der Waals surface area contributed by atoms with Crippen LogP contribution in [0.15, 0.2) is 29.3 Å². The molecule has 1 unspecified atom stereocenters. The van der Waals surface area contributed by atoms with E-state index in [4.69, 9.17) is 9.47 Å². The van der Waals surface area contributed by atoms with E-state index in [-0.39, 0.29) is 24.0 Å². The molecule has 1 aromatic carbocycles. The largest absolute Gasteiger partial charge is 0.379 e. The Labute approximate surface area is 193 Å². The maximum atomic E-state index is 5.70. The van der Waals surface area contributed by atoms with Gasteiger partial charge in [0.05, 0.1) is 12.7 Å². The Hall–Kier alpha value is -1.06. The molecule has 0 saturated carbocycles. The number of halogens is 1. The van der Waals surface area contributed by atoms with Crippen LogP contribution in [0.5, 0.6) is 0 Å². The van der Waals surface area contributed by atoms with E-state index < -0.39 is 0 Å². The first-order chi connectivity index (χ1) is 13.7. The van der Waals surface area contributed by atoms with E-state index in [9.17, 15) is 0 Å². The summed E-state index contributed by atoms with van der Waals surface area (Å²) in [6, 6.07) is 8.76. The van der Waals surface area contributed by atoms with Crippen LogP contribution in [0.3, 0.4) is 0 Å². The lowest BCUT2D eigenvalue weighted by Gasteiger charge is -2.13. The summed E-state index contributed by atoms with van der Waals surface area (Å²) in [5.41, 5.74) is 2.60. The Kier molecular flexibility index (Phi) is 14.1. The molecule has 0 radical (unpaired) electrons. The van der Waals surface area contributed by atoms with Gasteiger partial charge in [0.2, 0.25) is 0 Å². The van der Waals surface area contributed by atoms with Crippen LogP contribution in [0, 0.1) is 0 Å². The second-order valence-corrected chi connectivity index (χ2v) is 7.42. The molecule has 1 saturated heterocycles. The molecule has 1 fully saturated rings. The third kappa shape index (κ3) is 11.1. The number of benzene rings is 1. The molecule has 1 heterocycles. The molecule has 2 rings (SSSR count). The number of aryl methyl sites for hydroxylation is 1. The summed E-state index contributed by atoms with van der Waals surface area (Å²) in [7, 11) is 4.13. The molecule has 166 valence electrons. The number of nitrogens with one attached hydrogen (secondary N) is 2. The summed E-state index contributed by atoms with van der Waals surface area (Å²) in [6.07, 6.45) is 5.67. The summed E-state index contributed by atoms with van der Waals surface area (Å²) in [5.74, 6) is 0.893. The molecule has 0 bridgehead atoms. The van der Waals surface area contributed by atoms with Gasteiger partial charge in [-0.25, -0.2) is 0 Å². The van der Waals surface area contributed by atoms with Gasteiger partial charge in [-0.2, -0.15) is 0 Å². The predicted octanol–water partition coefficient (Wildman–Crippen LogP) is 3.44. The standard InChI is InChI=1S/C22H38N4O2.HI/c1-4-23-22(25-15-7-16-27-18-21-9-6-17-28-21)24-14-5-8-19-10-12-20(13-11-19)26(2)3;/h10-13,21H,4-9,14-18H2,1-3H3,(H2,23,24,25);1H. The van der Waals surface area contributed by atoms with E-state index in [1.54, 1.807) is 0 Å². The van der Waals surface area contributed by atoms with Gasteiger partial charge >= 0.3 is 0 Å². The average Bonchev–Trinajstić information content (AvgIpc) is 3.21. The van der Waals surface area contributed by atoms with Crippen LogP contribution < -0.4 is 15.5 Å². The lowest BCUT2D eigenvalue weighted by Crippen LogP contribution is -2.38. The van der Waals surface area contributed by atoms with Crippen molar-refractivity contribution in [3.63, 3.8) is 0 Å². The zero-order valence-electron chi connectivity index (χ0n) is 18.3. The number of hydrogen-bond donors (Lipinski definition) is 2. The van der Waals surface area contributed by atoms with E-state index in [0.717, 1.165) is 71.1 Å². The number of nitrogens with zero attached hydrogens (tertiary/aromatic N) is 2. The van der Waals surface area contributed by atoms with Gasteiger partial charge in [0.25, 0.3) is 0 Å². The number of rotatable bonds is 12. The zero-order chi connectivity index (χ0) is 20.0. The summed E-state index contributed by atoms with van der Waals surface area (Å²) in [5, 5.41) is 6.70. The van der Waals surface area contributed by atoms with Gasteiger partial charge in [-0.3, -0.25) is 4.99 Å². The Morgan fingerprint density at radius 3 is 2.66 bits per heavy atom. The molecule has 7 heteroatoms. The maximum absolute atomic E-state index is 5.70. The number of hydrogen-bond acceptors (Lipinski definition) is 4. The molecular formula is C22H39IN4O2. The van der Waals surface area contributed by atoms with Gasteiger partial charge in [0.1, 0.15) is 0 Å². The number of guanidine groups is 1. The van der Waals surface area contributed by atoms with Crippen molar-refractivity contribution < 1.29 is 9.47 Å². The highest BCUT2D eigenvalue weighted by molar-refractivity contribution is 14.0. The van der Waals surface area contributed by atoms with Crippen LogP contribution in [-0.2, 0) is 15.9 Å². The van der Waals surface area contributed by atoms with Gasteiger partial charge in [-0.1, -0.05) is 12.1 Å². The Morgan fingerprint density at radius 1 is 1.21 bits per heavy atom. The third-order valence-corrected chi connectivity index (χ3v) is 4.78. The number of anilines is 1.